The Bertz CT molecular complexity index is 516. The number of hydrogen-bond acceptors (Lipinski definition) is 3. The number of hydrogen-bond donors (Lipinski definition) is 1. The van der Waals surface area contributed by atoms with E-state index in [0.717, 1.165) is 0 Å². The molecule has 0 fully saturated rings. The molecule has 0 unspecified atom stereocenters. The van der Waals surface area contributed by atoms with Crippen LogP contribution in [0.15, 0.2) is 33.5 Å². The monoisotopic (exact) mass is 196 g/mol. The zero-order chi connectivity index (χ0) is 9.42. The van der Waals surface area contributed by atoms with Gasteiger partial charge in [-0.1, -0.05) is 12.1 Å². The Morgan fingerprint density at radius 2 is 2.00 bits per heavy atom. The summed E-state index contributed by atoms with van der Waals surface area (Å²) in [5.41, 5.74) is -0.137. The first-order valence-electron chi connectivity index (χ1n) is 3.60. The van der Waals surface area contributed by atoms with Crippen molar-refractivity contribution in [3.8, 4) is 5.75 Å². The molecule has 1 N–H and O–H groups in total. The molecule has 0 aliphatic carbocycles. The van der Waals surface area contributed by atoms with Gasteiger partial charge in [0, 0.05) is 0 Å². The van der Waals surface area contributed by atoms with E-state index in [1.54, 1.807) is 24.3 Å². The molecule has 0 bridgehead atoms. The fourth-order valence-electron chi connectivity index (χ4n) is 1.10. The highest BCUT2D eigenvalue weighted by Gasteiger charge is 2.09. The highest BCUT2D eigenvalue weighted by Crippen LogP contribution is 2.23. The predicted octanol–water partition coefficient (Wildman–Crippen LogP) is 2.15. The summed E-state index contributed by atoms with van der Waals surface area (Å²) < 4.78 is 4.99. The molecule has 1 aromatic heterocycles. The van der Waals surface area contributed by atoms with E-state index >= 15 is 0 Å². The van der Waals surface area contributed by atoms with Crippen LogP contribution in [0.2, 0.25) is 5.22 Å². The number of benzene rings is 1. The molecule has 0 saturated carbocycles. The fourth-order valence-corrected chi connectivity index (χ4v) is 1.27. The Balaban J connectivity index is 3.03. The highest BCUT2D eigenvalue weighted by molar-refractivity contribution is 6.30. The van der Waals surface area contributed by atoms with E-state index in [1.807, 2.05) is 0 Å². The first-order valence-corrected chi connectivity index (χ1v) is 3.98. The summed E-state index contributed by atoms with van der Waals surface area (Å²) in [6, 6.07) is 6.59. The van der Waals surface area contributed by atoms with Gasteiger partial charge < -0.3 is 9.52 Å². The van der Waals surface area contributed by atoms with Crippen molar-refractivity contribution in [3.05, 3.63) is 39.7 Å². The van der Waals surface area contributed by atoms with Crippen molar-refractivity contribution < 1.29 is 9.52 Å². The Morgan fingerprint density at radius 3 is 2.77 bits per heavy atom. The first-order chi connectivity index (χ1) is 6.20. The lowest BCUT2D eigenvalue weighted by Gasteiger charge is -1.98. The summed E-state index contributed by atoms with van der Waals surface area (Å²) in [5.74, 6) is -0.541. The van der Waals surface area contributed by atoms with Gasteiger partial charge in [0.1, 0.15) is 5.58 Å². The van der Waals surface area contributed by atoms with Crippen LogP contribution in [-0.2, 0) is 0 Å². The molecule has 0 aliphatic rings. The van der Waals surface area contributed by atoms with Crippen LogP contribution in [0.4, 0.5) is 0 Å². The molecule has 3 nitrogen and oxygen atoms in total. The van der Waals surface area contributed by atoms with E-state index in [-0.39, 0.29) is 5.22 Å². The summed E-state index contributed by atoms with van der Waals surface area (Å²) in [6.45, 7) is 0. The zero-order valence-electron chi connectivity index (χ0n) is 6.45. The van der Waals surface area contributed by atoms with Gasteiger partial charge in [-0.2, -0.15) is 0 Å². The molecule has 4 heteroatoms. The molecule has 0 radical (unpaired) electrons. The van der Waals surface area contributed by atoms with Gasteiger partial charge in [-0.3, -0.25) is 4.79 Å². The SMILES string of the molecule is O=c1c(O)c(Cl)oc2ccccc12. The molecule has 2 aromatic rings. The largest absolute Gasteiger partial charge is 0.501 e. The van der Waals surface area contributed by atoms with Crippen LogP contribution in [0.5, 0.6) is 5.75 Å². The topological polar surface area (TPSA) is 50.4 Å². The van der Waals surface area contributed by atoms with Gasteiger partial charge in [0.25, 0.3) is 0 Å². The number of halogens is 1. The molecule has 0 aliphatic heterocycles. The lowest BCUT2D eigenvalue weighted by molar-refractivity contribution is 0.443. The predicted molar refractivity (Wildman–Crippen MR) is 49.2 cm³/mol. The molecular formula is C9H5ClO3. The Labute approximate surface area is 78.2 Å². The quantitative estimate of drug-likeness (QED) is 0.703. The standard InChI is InChI=1S/C9H5ClO3/c10-9-8(12)7(11)5-3-1-2-4-6(5)13-9/h1-4,12H. The van der Waals surface area contributed by atoms with Crippen LogP contribution < -0.4 is 5.43 Å². The van der Waals surface area contributed by atoms with Gasteiger partial charge in [0.05, 0.1) is 5.39 Å². The molecule has 0 atom stereocenters. The number of aromatic hydroxyl groups is 1. The lowest BCUT2D eigenvalue weighted by Crippen LogP contribution is -2.00. The Kier molecular flexibility index (Phi) is 1.74. The third-order valence-electron chi connectivity index (χ3n) is 1.73. The molecule has 66 valence electrons. The molecule has 1 aromatic carbocycles. The average Bonchev–Trinajstić information content (AvgIpc) is 2.15. The summed E-state index contributed by atoms with van der Waals surface area (Å²) in [6.07, 6.45) is 0. The minimum absolute atomic E-state index is 0.274. The van der Waals surface area contributed by atoms with E-state index in [4.69, 9.17) is 21.1 Å². The van der Waals surface area contributed by atoms with Crippen molar-refractivity contribution in [2.45, 2.75) is 0 Å². The maximum Gasteiger partial charge on any atom is 0.239 e. The molecule has 2 rings (SSSR count). The van der Waals surface area contributed by atoms with Crippen LogP contribution in [0.3, 0.4) is 0 Å². The minimum Gasteiger partial charge on any atom is -0.501 e. The van der Waals surface area contributed by atoms with E-state index in [2.05, 4.69) is 0 Å². The van der Waals surface area contributed by atoms with Crippen molar-refractivity contribution in [1.82, 2.24) is 0 Å². The maximum atomic E-state index is 11.4. The highest BCUT2D eigenvalue weighted by atomic mass is 35.5. The molecule has 13 heavy (non-hydrogen) atoms. The second-order valence-corrected chi connectivity index (χ2v) is 2.89. The van der Waals surface area contributed by atoms with E-state index in [9.17, 15) is 4.79 Å². The molecule has 0 saturated heterocycles. The van der Waals surface area contributed by atoms with Gasteiger partial charge in [0.2, 0.25) is 16.4 Å². The summed E-state index contributed by atoms with van der Waals surface area (Å²) in [4.78, 5) is 11.4. The first kappa shape index (κ1) is 8.13. The van der Waals surface area contributed by atoms with Gasteiger partial charge in [-0.05, 0) is 23.7 Å². The smallest absolute Gasteiger partial charge is 0.239 e. The van der Waals surface area contributed by atoms with E-state index in [0.29, 0.717) is 11.0 Å². The van der Waals surface area contributed by atoms with Crippen LogP contribution in [-0.4, -0.2) is 5.11 Å². The molecule has 1 heterocycles. The van der Waals surface area contributed by atoms with Crippen molar-refractivity contribution in [1.29, 1.82) is 0 Å². The average molecular weight is 197 g/mol. The van der Waals surface area contributed by atoms with Crippen molar-refractivity contribution in [3.63, 3.8) is 0 Å². The van der Waals surface area contributed by atoms with Gasteiger partial charge in [-0.15, -0.1) is 0 Å². The van der Waals surface area contributed by atoms with Gasteiger partial charge in [0.15, 0.2) is 0 Å². The normalized spacial score (nSPS) is 10.5. The summed E-state index contributed by atoms with van der Waals surface area (Å²) >= 11 is 5.48. The van der Waals surface area contributed by atoms with Gasteiger partial charge in [-0.25, -0.2) is 0 Å². The molecule has 0 amide bonds. The Morgan fingerprint density at radius 1 is 1.31 bits per heavy atom. The maximum absolute atomic E-state index is 11.4. The summed E-state index contributed by atoms with van der Waals surface area (Å²) in [5, 5.41) is 9.22. The van der Waals surface area contributed by atoms with E-state index in [1.165, 1.54) is 0 Å². The molecule has 0 spiro atoms. The van der Waals surface area contributed by atoms with Crippen LogP contribution in [0.25, 0.3) is 11.0 Å². The summed E-state index contributed by atoms with van der Waals surface area (Å²) in [7, 11) is 0. The number of fused-ring (bicyclic) bond motifs is 1. The second kappa shape index (κ2) is 2.78. The third kappa shape index (κ3) is 1.17. The fraction of sp³-hybridized carbons (Fsp3) is 0. The van der Waals surface area contributed by atoms with Crippen LogP contribution in [0, 0.1) is 0 Å². The Hall–Kier alpha value is -1.48. The molecular weight excluding hydrogens is 192 g/mol. The van der Waals surface area contributed by atoms with Crippen molar-refractivity contribution in [2.75, 3.05) is 0 Å². The number of rotatable bonds is 0. The van der Waals surface area contributed by atoms with Crippen LogP contribution in [0.1, 0.15) is 0 Å². The number of para-hydroxylation sites is 1. The van der Waals surface area contributed by atoms with Crippen LogP contribution >= 0.6 is 11.6 Å². The minimum atomic E-state index is -0.541. The second-order valence-electron chi connectivity index (χ2n) is 2.55. The van der Waals surface area contributed by atoms with Gasteiger partial charge >= 0.3 is 0 Å². The third-order valence-corrected chi connectivity index (χ3v) is 1.99. The van der Waals surface area contributed by atoms with Crippen molar-refractivity contribution >= 4 is 22.6 Å². The van der Waals surface area contributed by atoms with E-state index < -0.39 is 11.2 Å². The lowest BCUT2D eigenvalue weighted by atomic mass is 10.2. The zero-order valence-corrected chi connectivity index (χ0v) is 7.21. The van der Waals surface area contributed by atoms with Crippen molar-refractivity contribution in [2.24, 2.45) is 0 Å².